The summed E-state index contributed by atoms with van der Waals surface area (Å²) in [6.07, 6.45) is 1.44. The lowest BCUT2D eigenvalue weighted by atomic mass is 10.2. The first-order chi connectivity index (χ1) is 8.65. The Bertz CT molecular complexity index is 372. The van der Waals surface area contributed by atoms with E-state index in [9.17, 15) is 9.59 Å². The fraction of sp³-hybridized carbons (Fsp3) is 0.538. The molecular weight excluding hydrogens is 234 g/mol. The number of hydrogen-bond acceptors (Lipinski definition) is 5. The summed E-state index contributed by atoms with van der Waals surface area (Å²) in [7, 11) is 0. The number of likely N-dealkylation sites (N-methyl/N-ethyl adjacent to an activating group) is 1. The summed E-state index contributed by atoms with van der Waals surface area (Å²) in [4.78, 5) is 24.7. The van der Waals surface area contributed by atoms with Crippen molar-refractivity contribution < 1.29 is 18.7 Å². The van der Waals surface area contributed by atoms with Crippen LogP contribution in [0.15, 0.2) is 22.8 Å². The zero-order valence-electron chi connectivity index (χ0n) is 10.8. The summed E-state index contributed by atoms with van der Waals surface area (Å²) in [6, 6.07) is 3.67. The topological polar surface area (TPSA) is 59.8 Å². The summed E-state index contributed by atoms with van der Waals surface area (Å²) in [5, 5.41) is 0. The molecule has 0 aromatic carbocycles. The third kappa shape index (κ3) is 5.14. The van der Waals surface area contributed by atoms with Gasteiger partial charge in [-0.3, -0.25) is 14.5 Å². The van der Waals surface area contributed by atoms with E-state index in [2.05, 4.69) is 0 Å². The number of carbonyl (C=O) groups is 2. The molecule has 1 heterocycles. The Labute approximate surface area is 107 Å². The van der Waals surface area contributed by atoms with Gasteiger partial charge in [0, 0.05) is 0 Å². The molecular formula is C13H19NO4. The first kappa shape index (κ1) is 14.4. The number of esters is 1. The zero-order chi connectivity index (χ0) is 13.4. The maximum atomic E-state index is 11.7. The van der Waals surface area contributed by atoms with Gasteiger partial charge in [-0.1, -0.05) is 6.92 Å². The number of rotatable bonds is 8. The van der Waals surface area contributed by atoms with Crippen LogP contribution in [0, 0.1) is 0 Å². The van der Waals surface area contributed by atoms with Crippen LogP contribution in [0.25, 0.3) is 0 Å². The number of nitrogens with zero attached hydrogens (tertiary/aromatic N) is 1. The van der Waals surface area contributed by atoms with Crippen molar-refractivity contribution in [2.75, 3.05) is 19.7 Å². The van der Waals surface area contributed by atoms with Crippen molar-refractivity contribution in [3.05, 3.63) is 24.2 Å². The smallest absolute Gasteiger partial charge is 0.313 e. The largest absolute Gasteiger partial charge is 0.468 e. The van der Waals surface area contributed by atoms with Gasteiger partial charge in [0.25, 0.3) is 0 Å². The highest BCUT2D eigenvalue weighted by Crippen LogP contribution is 2.05. The summed E-state index contributed by atoms with van der Waals surface area (Å²) in [5.74, 6) is 0.208. The third-order valence-corrected chi connectivity index (χ3v) is 2.45. The molecule has 5 heteroatoms. The van der Waals surface area contributed by atoms with Crippen LogP contribution in [0.2, 0.25) is 0 Å². The van der Waals surface area contributed by atoms with Crippen LogP contribution in [0.5, 0.6) is 0 Å². The lowest BCUT2D eigenvalue weighted by Crippen LogP contribution is -2.30. The van der Waals surface area contributed by atoms with Gasteiger partial charge in [0.05, 0.1) is 26.0 Å². The van der Waals surface area contributed by atoms with Crippen molar-refractivity contribution in [2.24, 2.45) is 0 Å². The minimum Gasteiger partial charge on any atom is -0.468 e. The van der Waals surface area contributed by atoms with Crippen molar-refractivity contribution in [1.29, 1.82) is 0 Å². The lowest BCUT2D eigenvalue weighted by Gasteiger charge is -2.17. The van der Waals surface area contributed by atoms with Crippen LogP contribution in [0.4, 0.5) is 0 Å². The van der Waals surface area contributed by atoms with Gasteiger partial charge in [-0.2, -0.15) is 0 Å². The molecule has 0 N–H and O–H groups in total. The Balaban J connectivity index is 2.38. The van der Waals surface area contributed by atoms with Gasteiger partial charge in [-0.25, -0.2) is 0 Å². The maximum absolute atomic E-state index is 11.7. The predicted octanol–water partition coefficient (Wildman–Crippen LogP) is 1.62. The second kappa shape index (κ2) is 7.66. The SMILES string of the molecule is CCOC(=O)CC(=O)CN(CC)Cc1ccco1. The normalized spacial score (nSPS) is 10.6. The molecule has 1 aromatic heterocycles. The van der Waals surface area contributed by atoms with Gasteiger partial charge in [0.1, 0.15) is 12.2 Å². The lowest BCUT2D eigenvalue weighted by molar-refractivity contribution is -0.145. The van der Waals surface area contributed by atoms with Crippen molar-refractivity contribution in [3.8, 4) is 0 Å². The fourth-order valence-corrected chi connectivity index (χ4v) is 1.58. The van der Waals surface area contributed by atoms with Crippen molar-refractivity contribution in [3.63, 3.8) is 0 Å². The van der Waals surface area contributed by atoms with Gasteiger partial charge in [0.15, 0.2) is 5.78 Å². The number of carbonyl (C=O) groups excluding carboxylic acids is 2. The van der Waals surface area contributed by atoms with E-state index in [1.807, 2.05) is 24.0 Å². The average Bonchev–Trinajstić information content (AvgIpc) is 2.81. The Morgan fingerprint density at radius 3 is 2.72 bits per heavy atom. The molecule has 5 nitrogen and oxygen atoms in total. The fourth-order valence-electron chi connectivity index (χ4n) is 1.58. The molecule has 0 aliphatic carbocycles. The summed E-state index contributed by atoms with van der Waals surface area (Å²) < 4.78 is 9.96. The van der Waals surface area contributed by atoms with Crippen LogP contribution in [-0.4, -0.2) is 36.3 Å². The summed E-state index contributed by atoms with van der Waals surface area (Å²) in [5.41, 5.74) is 0. The molecule has 0 radical (unpaired) electrons. The van der Waals surface area contributed by atoms with E-state index in [1.54, 1.807) is 13.2 Å². The second-order valence-electron chi connectivity index (χ2n) is 3.90. The van der Waals surface area contributed by atoms with Crippen molar-refractivity contribution >= 4 is 11.8 Å². The van der Waals surface area contributed by atoms with E-state index in [-0.39, 0.29) is 18.7 Å². The highest BCUT2D eigenvalue weighted by atomic mass is 16.5. The van der Waals surface area contributed by atoms with Crippen LogP contribution in [0.1, 0.15) is 26.0 Å². The van der Waals surface area contributed by atoms with Crippen molar-refractivity contribution in [1.82, 2.24) is 4.90 Å². The first-order valence-electron chi connectivity index (χ1n) is 6.07. The van der Waals surface area contributed by atoms with Gasteiger partial charge in [-0.15, -0.1) is 0 Å². The van der Waals surface area contributed by atoms with Gasteiger partial charge in [0.2, 0.25) is 0 Å². The standard InChI is InChI=1S/C13H19NO4/c1-3-14(10-12-6-5-7-18-12)9-11(15)8-13(16)17-4-2/h5-7H,3-4,8-10H2,1-2H3. The third-order valence-electron chi connectivity index (χ3n) is 2.45. The van der Waals surface area contributed by atoms with Crippen LogP contribution >= 0.6 is 0 Å². The first-order valence-corrected chi connectivity index (χ1v) is 6.07. The number of ketones is 1. The van der Waals surface area contributed by atoms with Crippen LogP contribution in [-0.2, 0) is 20.9 Å². The molecule has 0 unspecified atom stereocenters. The molecule has 1 aromatic rings. The van der Waals surface area contributed by atoms with Crippen LogP contribution < -0.4 is 0 Å². The minimum absolute atomic E-state index is 0.137. The molecule has 0 atom stereocenters. The average molecular weight is 253 g/mol. The number of Topliss-reactive ketones (excluding diaryl/α,β-unsaturated/α-hetero) is 1. The number of ether oxygens (including phenoxy) is 1. The van der Waals surface area contributed by atoms with E-state index in [1.165, 1.54) is 0 Å². The van der Waals surface area contributed by atoms with Gasteiger partial charge >= 0.3 is 5.97 Å². The molecule has 0 saturated carbocycles. The van der Waals surface area contributed by atoms with E-state index in [4.69, 9.17) is 9.15 Å². The quantitative estimate of drug-likeness (QED) is 0.520. The summed E-state index contributed by atoms with van der Waals surface area (Å²) in [6.45, 7) is 5.50. The monoisotopic (exact) mass is 253 g/mol. The van der Waals surface area contributed by atoms with Crippen LogP contribution in [0.3, 0.4) is 0 Å². The second-order valence-corrected chi connectivity index (χ2v) is 3.90. The Hall–Kier alpha value is -1.62. The molecule has 1 rings (SSSR count). The number of furan rings is 1. The Morgan fingerprint density at radius 1 is 1.39 bits per heavy atom. The molecule has 0 saturated heterocycles. The molecule has 0 aliphatic rings. The zero-order valence-corrected chi connectivity index (χ0v) is 10.8. The molecule has 0 bridgehead atoms. The van der Waals surface area contributed by atoms with E-state index in [0.29, 0.717) is 13.2 Å². The molecule has 0 aliphatic heterocycles. The highest BCUT2D eigenvalue weighted by molar-refractivity contribution is 5.96. The molecule has 100 valence electrons. The highest BCUT2D eigenvalue weighted by Gasteiger charge is 2.14. The number of hydrogen-bond donors (Lipinski definition) is 0. The van der Waals surface area contributed by atoms with Gasteiger partial charge < -0.3 is 9.15 Å². The maximum Gasteiger partial charge on any atom is 0.313 e. The minimum atomic E-state index is -0.462. The molecule has 18 heavy (non-hydrogen) atoms. The Morgan fingerprint density at radius 2 is 2.17 bits per heavy atom. The molecule has 0 fully saturated rings. The Kier molecular flexibility index (Phi) is 6.14. The molecule has 0 spiro atoms. The molecule has 0 amide bonds. The summed E-state index contributed by atoms with van der Waals surface area (Å²) >= 11 is 0. The van der Waals surface area contributed by atoms with Gasteiger partial charge in [-0.05, 0) is 25.6 Å². The van der Waals surface area contributed by atoms with Crippen molar-refractivity contribution in [2.45, 2.75) is 26.8 Å². The predicted molar refractivity (Wildman–Crippen MR) is 65.9 cm³/mol. The van der Waals surface area contributed by atoms with E-state index >= 15 is 0 Å². The van der Waals surface area contributed by atoms with E-state index < -0.39 is 5.97 Å². The van der Waals surface area contributed by atoms with E-state index in [0.717, 1.165) is 12.3 Å².